The predicted molar refractivity (Wildman–Crippen MR) is 86.0 cm³/mol. The van der Waals surface area contributed by atoms with Gasteiger partial charge in [-0.05, 0) is 38.3 Å². The molecule has 1 heterocycles. The van der Waals surface area contributed by atoms with E-state index in [-0.39, 0.29) is 23.7 Å². The van der Waals surface area contributed by atoms with Gasteiger partial charge in [-0.2, -0.15) is 0 Å². The molecule has 0 aromatic heterocycles. The van der Waals surface area contributed by atoms with Crippen molar-refractivity contribution in [1.29, 1.82) is 0 Å². The van der Waals surface area contributed by atoms with Crippen molar-refractivity contribution in [2.24, 2.45) is 5.92 Å². The Hall–Kier alpha value is -2.43. The van der Waals surface area contributed by atoms with Gasteiger partial charge in [-0.15, -0.1) is 6.58 Å². The summed E-state index contributed by atoms with van der Waals surface area (Å²) in [4.78, 5) is 37.6. The predicted octanol–water partition coefficient (Wildman–Crippen LogP) is 2.82. The number of fused-ring (bicyclic) bond motifs is 1. The summed E-state index contributed by atoms with van der Waals surface area (Å²) < 4.78 is 5.04. The lowest BCUT2D eigenvalue weighted by Gasteiger charge is -2.17. The summed E-state index contributed by atoms with van der Waals surface area (Å²) in [5.74, 6) is -1.05. The van der Waals surface area contributed by atoms with Crippen LogP contribution in [0.4, 0.5) is 0 Å². The van der Waals surface area contributed by atoms with Crippen LogP contribution in [-0.2, 0) is 9.53 Å². The molecule has 1 aliphatic heterocycles. The zero-order chi connectivity index (χ0) is 16.8. The maximum atomic E-state index is 12.2. The molecule has 0 saturated heterocycles. The van der Waals surface area contributed by atoms with Crippen molar-refractivity contribution in [1.82, 2.24) is 4.90 Å². The van der Waals surface area contributed by atoms with E-state index < -0.39 is 0 Å². The number of carbonyl (C=O) groups excluding carboxylic acids is 3. The highest BCUT2D eigenvalue weighted by atomic mass is 16.5. The monoisotopic (exact) mass is 315 g/mol. The number of hydrogen-bond acceptors (Lipinski definition) is 4. The van der Waals surface area contributed by atoms with Gasteiger partial charge >= 0.3 is 5.97 Å². The second-order valence-electron chi connectivity index (χ2n) is 5.42. The number of ether oxygens (including phenoxy) is 1. The van der Waals surface area contributed by atoms with Crippen molar-refractivity contribution < 1.29 is 19.1 Å². The molecule has 1 aromatic carbocycles. The number of imide groups is 1. The highest BCUT2D eigenvalue weighted by molar-refractivity contribution is 6.21. The number of carbonyl (C=O) groups is 3. The van der Waals surface area contributed by atoms with Crippen LogP contribution >= 0.6 is 0 Å². The van der Waals surface area contributed by atoms with E-state index in [1.807, 2.05) is 0 Å². The summed E-state index contributed by atoms with van der Waals surface area (Å²) >= 11 is 0. The molecule has 2 amide bonds. The molecule has 23 heavy (non-hydrogen) atoms. The minimum absolute atomic E-state index is 0.255. The third kappa shape index (κ3) is 3.67. The van der Waals surface area contributed by atoms with E-state index in [0.29, 0.717) is 43.5 Å². The topological polar surface area (TPSA) is 63.7 Å². The number of nitrogens with zero attached hydrogens (tertiary/aromatic N) is 1. The summed E-state index contributed by atoms with van der Waals surface area (Å²) in [6.45, 7) is 6.06. The first kappa shape index (κ1) is 16.9. The Morgan fingerprint density at radius 1 is 1.26 bits per heavy atom. The van der Waals surface area contributed by atoms with Crippen molar-refractivity contribution in [3.8, 4) is 0 Å². The highest BCUT2D eigenvalue weighted by Crippen LogP contribution is 2.23. The van der Waals surface area contributed by atoms with Crippen molar-refractivity contribution in [3.63, 3.8) is 0 Å². The van der Waals surface area contributed by atoms with E-state index in [2.05, 4.69) is 6.58 Å². The lowest BCUT2D eigenvalue weighted by atomic mass is 9.99. The number of benzene rings is 1. The van der Waals surface area contributed by atoms with E-state index in [1.54, 1.807) is 37.3 Å². The molecule has 0 saturated carbocycles. The number of allylic oxidation sites excluding steroid dienone is 1. The van der Waals surface area contributed by atoms with Crippen LogP contribution in [0, 0.1) is 5.92 Å². The van der Waals surface area contributed by atoms with E-state index in [9.17, 15) is 14.4 Å². The summed E-state index contributed by atoms with van der Waals surface area (Å²) in [7, 11) is 0. The van der Waals surface area contributed by atoms with Crippen molar-refractivity contribution in [3.05, 3.63) is 48.0 Å². The lowest BCUT2D eigenvalue weighted by Crippen LogP contribution is -2.31. The molecule has 0 fully saturated rings. The fourth-order valence-corrected chi connectivity index (χ4v) is 2.73. The third-order valence-electron chi connectivity index (χ3n) is 3.88. The highest BCUT2D eigenvalue weighted by Gasteiger charge is 2.34. The molecule has 1 aromatic rings. The van der Waals surface area contributed by atoms with E-state index >= 15 is 0 Å². The van der Waals surface area contributed by atoms with E-state index in [4.69, 9.17) is 4.74 Å². The fraction of sp³-hybridized carbons (Fsp3) is 0.389. The molecule has 2 rings (SSSR count). The Labute approximate surface area is 135 Å². The average Bonchev–Trinajstić information content (AvgIpc) is 2.79. The molecule has 5 heteroatoms. The van der Waals surface area contributed by atoms with Gasteiger partial charge in [0.05, 0.1) is 23.7 Å². The smallest absolute Gasteiger partial charge is 0.309 e. The average molecular weight is 315 g/mol. The summed E-state index contributed by atoms with van der Waals surface area (Å²) in [6.07, 6.45) is 3.32. The van der Waals surface area contributed by atoms with Gasteiger partial charge in [-0.3, -0.25) is 19.3 Å². The van der Waals surface area contributed by atoms with Gasteiger partial charge in [0.2, 0.25) is 0 Å². The lowest BCUT2D eigenvalue weighted by molar-refractivity contribution is -0.148. The normalized spacial score (nSPS) is 14.6. The Balaban J connectivity index is 1.94. The van der Waals surface area contributed by atoms with Gasteiger partial charge in [0.25, 0.3) is 11.8 Å². The molecule has 1 atom stereocenters. The Morgan fingerprint density at radius 2 is 1.87 bits per heavy atom. The second-order valence-corrected chi connectivity index (χ2v) is 5.42. The van der Waals surface area contributed by atoms with Crippen LogP contribution in [0.15, 0.2) is 36.9 Å². The first-order valence-electron chi connectivity index (χ1n) is 7.82. The van der Waals surface area contributed by atoms with Crippen molar-refractivity contribution >= 4 is 17.8 Å². The minimum atomic E-state index is -0.275. The Morgan fingerprint density at radius 3 is 2.39 bits per heavy atom. The Kier molecular flexibility index (Phi) is 5.68. The van der Waals surface area contributed by atoms with Crippen molar-refractivity contribution in [2.45, 2.75) is 26.2 Å². The number of esters is 1. The van der Waals surface area contributed by atoms with Crippen LogP contribution in [0.5, 0.6) is 0 Å². The molecule has 122 valence electrons. The molecule has 0 N–H and O–H groups in total. The van der Waals surface area contributed by atoms with Gasteiger partial charge in [0, 0.05) is 6.54 Å². The fourth-order valence-electron chi connectivity index (χ4n) is 2.73. The molecule has 5 nitrogen and oxygen atoms in total. The summed E-state index contributed by atoms with van der Waals surface area (Å²) in [5, 5.41) is 0. The first-order valence-corrected chi connectivity index (χ1v) is 7.82. The molecule has 1 aliphatic rings. The summed E-state index contributed by atoms with van der Waals surface area (Å²) in [6, 6.07) is 6.81. The molecule has 0 bridgehead atoms. The zero-order valence-electron chi connectivity index (χ0n) is 13.3. The zero-order valence-corrected chi connectivity index (χ0v) is 13.3. The molecule has 0 radical (unpaired) electrons. The molecule has 1 unspecified atom stereocenters. The first-order chi connectivity index (χ1) is 11.1. The van der Waals surface area contributed by atoms with Crippen molar-refractivity contribution in [2.75, 3.05) is 13.2 Å². The maximum Gasteiger partial charge on any atom is 0.309 e. The second kappa shape index (κ2) is 7.72. The van der Waals surface area contributed by atoms with Crippen LogP contribution in [0.3, 0.4) is 0 Å². The Bertz CT molecular complexity index is 588. The third-order valence-corrected chi connectivity index (χ3v) is 3.88. The molecular weight excluding hydrogens is 294 g/mol. The van der Waals surface area contributed by atoms with Gasteiger partial charge in [-0.1, -0.05) is 18.2 Å². The number of amides is 2. The number of rotatable bonds is 8. The van der Waals surface area contributed by atoms with Crippen LogP contribution in [-0.4, -0.2) is 35.8 Å². The molecule has 0 spiro atoms. The van der Waals surface area contributed by atoms with Crippen LogP contribution in [0.25, 0.3) is 0 Å². The van der Waals surface area contributed by atoms with E-state index in [1.165, 1.54) is 4.90 Å². The molecule has 0 aliphatic carbocycles. The van der Waals surface area contributed by atoms with Crippen LogP contribution in [0.1, 0.15) is 46.9 Å². The van der Waals surface area contributed by atoms with Gasteiger partial charge < -0.3 is 4.74 Å². The van der Waals surface area contributed by atoms with Crippen LogP contribution < -0.4 is 0 Å². The van der Waals surface area contributed by atoms with E-state index in [0.717, 1.165) is 0 Å². The summed E-state index contributed by atoms with van der Waals surface area (Å²) in [5.41, 5.74) is 0.899. The molecular formula is C18H21NO4. The largest absolute Gasteiger partial charge is 0.466 e. The minimum Gasteiger partial charge on any atom is -0.466 e. The van der Waals surface area contributed by atoms with Gasteiger partial charge in [-0.25, -0.2) is 0 Å². The number of hydrogen-bond donors (Lipinski definition) is 0. The standard InChI is InChI=1S/C18H21NO4/c1-3-8-13(18(22)23-4-2)9-7-12-19-16(20)14-10-5-6-11-15(14)17(19)21/h3,5-6,10-11,13H,1,4,7-9,12H2,2H3. The van der Waals surface area contributed by atoms with Gasteiger partial charge in [0.1, 0.15) is 0 Å². The SMILES string of the molecule is C=CCC(CCCN1C(=O)c2ccccc2C1=O)C(=O)OCC. The van der Waals surface area contributed by atoms with Gasteiger partial charge in [0.15, 0.2) is 0 Å². The van der Waals surface area contributed by atoms with Crippen LogP contribution in [0.2, 0.25) is 0 Å². The quantitative estimate of drug-likeness (QED) is 0.420. The maximum absolute atomic E-state index is 12.2.